The quantitative estimate of drug-likeness (QED) is 0.284. The first-order valence-electron chi connectivity index (χ1n) is 11.8. The van der Waals surface area contributed by atoms with E-state index >= 15 is 0 Å². The number of rotatable bonds is 10. The molecule has 4 rings (SSSR count). The Hall–Kier alpha value is -3.25. The van der Waals surface area contributed by atoms with Gasteiger partial charge in [0, 0.05) is 22.4 Å². The third-order valence-electron chi connectivity index (χ3n) is 6.07. The fourth-order valence-corrected chi connectivity index (χ4v) is 5.31. The number of halogens is 3. The van der Waals surface area contributed by atoms with Gasteiger partial charge >= 0.3 is 0 Å². The van der Waals surface area contributed by atoms with E-state index in [-0.39, 0.29) is 17.4 Å². The zero-order valence-corrected chi connectivity index (χ0v) is 21.4. The molecule has 1 unspecified atom stereocenters. The Bertz CT molecular complexity index is 1300. The first-order chi connectivity index (χ1) is 18.3. The van der Waals surface area contributed by atoms with Crippen LogP contribution in [0.15, 0.2) is 72.3 Å². The number of aliphatic hydroxyl groups is 1. The SMILES string of the molecule is C=Nc1ccc(/C=C/C=C/C2OCC(SC(C)[C@](O)(Cn3cncn3)c3cccc(F)c3F)CO2)c(F)c1. The maximum atomic E-state index is 14.7. The lowest BCUT2D eigenvalue weighted by molar-refractivity contribution is -0.146. The Kier molecular flexibility index (Phi) is 9.16. The summed E-state index contributed by atoms with van der Waals surface area (Å²) in [6.07, 6.45) is 8.79. The molecule has 1 aliphatic heterocycles. The summed E-state index contributed by atoms with van der Waals surface area (Å²) in [5.41, 5.74) is -1.09. The van der Waals surface area contributed by atoms with Crippen LogP contribution in [0.4, 0.5) is 18.9 Å². The third-order valence-corrected chi connectivity index (χ3v) is 7.53. The van der Waals surface area contributed by atoms with Crippen molar-refractivity contribution in [2.24, 2.45) is 4.99 Å². The molecule has 0 amide bonds. The van der Waals surface area contributed by atoms with Gasteiger partial charge in [0.15, 0.2) is 17.9 Å². The molecule has 1 aliphatic rings. The van der Waals surface area contributed by atoms with Crippen molar-refractivity contribution in [1.29, 1.82) is 0 Å². The van der Waals surface area contributed by atoms with Crippen LogP contribution in [0.3, 0.4) is 0 Å². The highest BCUT2D eigenvalue weighted by Crippen LogP contribution is 2.39. The molecule has 1 saturated heterocycles. The monoisotopic (exact) mass is 544 g/mol. The van der Waals surface area contributed by atoms with Crippen LogP contribution in [0.1, 0.15) is 18.1 Å². The van der Waals surface area contributed by atoms with E-state index in [0.717, 1.165) is 6.07 Å². The summed E-state index contributed by atoms with van der Waals surface area (Å²) in [5.74, 6) is -2.55. The van der Waals surface area contributed by atoms with E-state index in [2.05, 4.69) is 21.8 Å². The molecule has 0 radical (unpaired) electrons. The van der Waals surface area contributed by atoms with Gasteiger partial charge in [-0.3, -0.25) is 4.99 Å². The average molecular weight is 545 g/mol. The van der Waals surface area contributed by atoms with E-state index in [1.54, 1.807) is 43.4 Å². The van der Waals surface area contributed by atoms with Crippen molar-refractivity contribution in [3.8, 4) is 0 Å². The van der Waals surface area contributed by atoms with Gasteiger partial charge in [-0.25, -0.2) is 22.8 Å². The topological polar surface area (TPSA) is 81.8 Å². The number of ether oxygens (including phenoxy) is 2. The highest BCUT2D eigenvalue weighted by molar-refractivity contribution is 8.00. The van der Waals surface area contributed by atoms with Gasteiger partial charge in [-0.15, -0.1) is 11.8 Å². The number of benzene rings is 2. The van der Waals surface area contributed by atoms with Crippen LogP contribution in [0, 0.1) is 17.5 Å². The van der Waals surface area contributed by atoms with E-state index in [1.807, 2.05) is 0 Å². The normalized spacial score (nSPS) is 20.6. The highest BCUT2D eigenvalue weighted by atomic mass is 32.2. The van der Waals surface area contributed by atoms with Gasteiger partial charge in [0.2, 0.25) is 0 Å². The maximum absolute atomic E-state index is 14.7. The standard InChI is InChI=1S/C27H27F3N4O3S/c1-18(27(35,15-34-17-32-16-33-34)22-7-5-8-23(28)26(22)30)38-21-13-36-25(37-14-21)9-4-3-6-19-10-11-20(31-2)12-24(19)29/h3-12,16-18,21,25,35H,2,13-15H2,1H3/b6-3+,9-4+/t18?,21?,25?,27-/m1/s1. The molecule has 0 bridgehead atoms. The molecule has 0 saturated carbocycles. The van der Waals surface area contributed by atoms with Crippen LogP contribution in [0.2, 0.25) is 0 Å². The lowest BCUT2D eigenvalue weighted by Crippen LogP contribution is -2.44. The number of hydrogen-bond acceptors (Lipinski definition) is 7. The number of aliphatic imine (C=N–C) groups is 1. The van der Waals surface area contributed by atoms with Crippen molar-refractivity contribution in [1.82, 2.24) is 14.8 Å². The van der Waals surface area contributed by atoms with Crippen molar-refractivity contribution >= 4 is 30.2 Å². The molecule has 2 aromatic carbocycles. The molecule has 1 aromatic heterocycles. The zero-order chi connectivity index (χ0) is 27.1. The molecule has 7 nitrogen and oxygen atoms in total. The molecule has 1 N–H and O–H groups in total. The summed E-state index contributed by atoms with van der Waals surface area (Å²) in [7, 11) is 0. The Balaban J connectivity index is 1.36. The minimum absolute atomic E-state index is 0.124. The van der Waals surface area contributed by atoms with E-state index in [1.165, 1.54) is 47.3 Å². The molecule has 0 aliphatic carbocycles. The van der Waals surface area contributed by atoms with Crippen molar-refractivity contribution in [3.63, 3.8) is 0 Å². The maximum Gasteiger partial charge on any atom is 0.177 e. The predicted molar refractivity (Wildman–Crippen MR) is 141 cm³/mol. The molecule has 3 aromatic rings. The molecule has 2 heterocycles. The Morgan fingerprint density at radius 2 is 2.00 bits per heavy atom. The second-order valence-corrected chi connectivity index (χ2v) is 10.3. The summed E-state index contributed by atoms with van der Waals surface area (Å²) in [6, 6.07) is 8.31. The van der Waals surface area contributed by atoms with E-state index in [0.29, 0.717) is 24.5 Å². The molecule has 38 heavy (non-hydrogen) atoms. The number of hydrogen-bond donors (Lipinski definition) is 1. The average Bonchev–Trinajstić information content (AvgIpc) is 3.42. The number of aromatic nitrogens is 3. The molecule has 1 fully saturated rings. The van der Waals surface area contributed by atoms with Crippen LogP contribution in [0.25, 0.3) is 6.08 Å². The van der Waals surface area contributed by atoms with Gasteiger partial charge in [0.05, 0.1) is 30.7 Å². The summed E-state index contributed by atoms with van der Waals surface area (Å²) in [6.45, 7) is 5.60. The zero-order valence-electron chi connectivity index (χ0n) is 20.6. The lowest BCUT2D eigenvalue weighted by Gasteiger charge is -2.37. The summed E-state index contributed by atoms with van der Waals surface area (Å²) >= 11 is 1.35. The highest BCUT2D eigenvalue weighted by Gasteiger charge is 2.41. The van der Waals surface area contributed by atoms with Gasteiger partial charge in [-0.2, -0.15) is 5.10 Å². The number of nitrogens with zero attached hydrogens (tertiary/aromatic N) is 4. The fraction of sp³-hybridized carbons (Fsp3) is 0.296. The van der Waals surface area contributed by atoms with E-state index in [9.17, 15) is 18.3 Å². The van der Waals surface area contributed by atoms with E-state index < -0.39 is 34.6 Å². The van der Waals surface area contributed by atoms with E-state index in [4.69, 9.17) is 9.47 Å². The first-order valence-corrected chi connectivity index (χ1v) is 12.7. The van der Waals surface area contributed by atoms with Gasteiger partial charge < -0.3 is 14.6 Å². The van der Waals surface area contributed by atoms with Gasteiger partial charge in [0.25, 0.3) is 0 Å². The second kappa shape index (κ2) is 12.5. The van der Waals surface area contributed by atoms with Gasteiger partial charge in [-0.05, 0) is 31.0 Å². The van der Waals surface area contributed by atoms with Crippen LogP contribution in [0.5, 0.6) is 0 Å². The Morgan fingerprint density at radius 1 is 1.21 bits per heavy atom. The van der Waals surface area contributed by atoms with Crippen molar-refractivity contribution in [2.45, 2.75) is 35.9 Å². The molecule has 200 valence electrons. The van der Waals surface area contributed by atoms with Crippen LogP contribution in [-0.4, -0.2) is 56.6 Å². The second-order valence-electron chi connectivity index (χ2n) is 8.66. The van der Waals surface area contributed by atoms with Crippen molar-refractivity contribution in [2.75, 3.05) is 13.2 Å². The molecule has 11 heteroatoms. The minimum atomic E-state index is -1.79. The predicted octanol–water partition coefficient (Wildman–Crippen LogP) is 5.05. The minimum Gasteiger partial charge on any atom is -0.382 e. The molecular formula is C27H27F3N4O3S. The fourth-order valence-electron chi connectivity index (χ4n) is 3.99. The Labute approximate surface area is 222 Å². The molecular weight excluding hydrogens is 517 g/mol. The van der Waals surface area contributed by atoms with Crippen molar-refractivity contribution in [3.05, 3.63) is 95.9 Å². The first kappa shape index (κ1) is 27.8. The van der Waals surface area contributed by atoms with Crippen LogP contribution < -0.4 is 0 Å². The smallest absolute Gasteiger partial charge is 0.177 e. The largest absolute Gasteiger partial charge is 0.382 e. The number of thioether (sulfide) groups is 1. The van der Waals surface area contributed by atoms with Crippen LogP contribution in [-0.2, 0) is 21.6 Å². The third kappa shape index (κ3) is 6.60. The summed E-state index contributed by atoms with van der Waals surface area (Å²) in [5, 5.41) is 14.9. The Morgan fingerprint density at radius 3 is 2.68 bits per heavy atom. The number of allylic oxidation sites excluding steroid dienone is 2. The molecule has 2 atom stereocenters. The summed E-state index contributed by atoms with van der Waals surface area (Å²) < 4.78 is 55.7. The van der Waals surface area contributed by atoms with Crippen molar-refractivity contribution < 1.29 is 27.8 Å². The van der Waals surface area contributed by atoms with Gasteiger partial charge in [0.1, 0.15) is 24.1 Å². The molecule has 0 spiro atoms. The van der Waals surface area contributed by atoms with Gasteiger partial charge in [-0.1, -0.05) is 37.3 Å². The van der Waals surface area contributed by atoms with Crippen LogP contribution >= 0.6 is 11.8 Å². The summed E-state index contributed by atoms with van der Waals surface area (Å²) in [4.78, 5) is 7.56. The lowest BCUT2D eigenvalue weighted by atomic mass is 9.90.